The molecule has 0 atom stereocenters. The van der Waals surface area contributed by atoms with Crippen molar-refractivity contribution in [3.05, 3.63) is 82.6 Å². The second-order valence-corrected chi connectivity index (χ2v) is 8.89. The van der Waals surface area contributed by atoms with Gasteiger partial charge in [-0.1, -0.05) is 12.1 Å². The van der Waals surface area contributed by atoms with Gasteiger partial charge in [-0.05, 0) is 79.2 Å². The molecule has 2 aromatic heterocycles. The molecule has 1 fully saturated rings. The molecular formula is C25H26FN3O2S. The maximum absolute atomic E-state index is 14.3. The number of nitrogens with zero attached hydrogens (tertiary/aromatic N) is 2. The summed E-state index contributed by atoms with van der Waals surface area (Å²) in [7, 11) is 0. The molecule has 0 unspecified atom stereocenters. The van der Waals surface area contributed by atoms with Crippen molar-refractivity contribution >= 4 is 23.3 Å². The number of likely N-dealkylation sites (tertiary alicyclic amines) is 1. The fourth-order valence-electron chi connectivity index (χ4n) is 3.69. The maximum atomic E-state index is 14.3. The summed E-state index contributed by atoms with van der Waals surface area (Å²) in [6.07, 6.45) is 8.36. The van der Waals surface area contributed by atoms with E-state index in [9.17, 15) is 9.18 Å². The molecule has 166 valence electrons. The lowest BCUT2D eigenvalue weighted by Crippen LogP contribution is -2.37. The average Bonchev–Trinajstić information content (AvgIpc) is 3.33. The maximum Gasteiger partial charge on any atom is 0.244 e. The number of carbonyl (C=O) groups is 1. The monoisotopic (exact) mass is 451 g/mol. The minimum absolute atomic E-state index is 0.116. The first-order valence-corrected chi connectivity index (χ1v) is 11.6. The third kappa shape index (κ3) is 6.48. The molecule has 5 nitrogen and oxygen atoms in total. The molecule has 7 heteroatoms. The van der Waals surface area contributed by atoms with Crippen molar-refractivity contribution < 1.29 is 13.9 Å². The van der Waals surface area contributed by atoms with Crippen LogP contribution in [0.5, 0.6) is 11.5 Å². The van der Waals surface area contributed by atoms with E-state index >= 15 is 0 Å². The van der Waals surface area contributed by atoms with Crippen LogP contribution in [0, 0.1) is 11.7 Å². The normalized spacial score (nSPS) is 15.2. The predicted molar refractivity (Wildman–Crippen MR) is 125 cm³/mol. The third-order valence-electron chi connectivity index (χ3n) is 5.48. The second kappa shape index (κ2) is 11.0. The van der Waals surface area contributed by atoms with Crippen LogP contribution in [0.2, 0.25) is 0 Å². The molecule has 3 aromatic rings. The number of carbonyl (C=O) groups excluding carboxylic acids is 1. The Morgan fingerprint density at radius 1 is 1.25 bits per heavy atom. The van der Waals surface area contributed by atoms with Crippen LogP contribution in [-0.2, 0) is 11.3 Å². The number of thiophene rings is 1. The van der Waals surface area contributed by atoms with Gasteiger partial charge < -0.3 is 10.1 Å². The summed E-state index contributed by atoms with van der Waals surface area (Å²) in [5.41, 5.74) is 0.595. The zero-order chi connectivity index (χ0) is 22.2. The molecule has 0 spiro atoms. The quantitative estimate of drug-likeness (QED) is 0.483. The van der Waals surface area contributed by atoms with E-state index in [1.807, 2.05) is 0 Å². The summed E-state index contributed by atoms with van der Waals surface area (Å²) >= 11 is 1.80. The van der Waals surface area contributed by atoms with Gasteiger partial charge in [-0.15, -0.1) is 11.3 Å². The van der Waals surface area contributed by atoms with Crippen LogP contribution in [0.1, 0.15) is 23.3 Å². The Bertz CT molecular complexity index is 1030. The van der Waals surface area contributed by atoms with Crippen LogP contribution in [0.25, 0.3) is 6.08 Å². The molecule has 1 aliphatic rings. The molecule has 0 aliphatic carbocycles. The van der Waals surface area contributed by atoms with E-state index in [-0.39, 0.29) is 11.7 Å². The molecule has 1 aromatic carbocycles. The number of halogens is 1. The van der Waals surface area contributed by atoms with E-state index in [1.165, 1.54) is 23.2 Å². The number of rotatable bonds is 8. The number of hydrogen-bond donors (Lipinski definition) is 1. The van der Waals surface area contributed by atoms with E-state index in [4.69, 9.17) is 4.74 Å². The van der Waals surface area contributed by atoms with Crippen LogP contribution >= 0.6 is 11.3 Å². The largest absolute Gasteiger partial charge is 0.453 e. The lowest BCUT2D eigenvalue weighted by atomic mass is 9.97. The van der Waals surface area contributed by atoms with Gasteiger partial charge in [0.05, 0.1) is 6.20 Å². The molecule has 0 saturated carbocycles. The zero-order valence-corrected chi connectivity index (χ0v) is 18.6. The van der Waals surface area contributed by atoms with Crippen molar-refractivity contribution in [3.63, 3.8) is 0 Å². The van der Waals surface area contributed by atoms with Crippen LogP contribution in [-0.4, -0.2) is 35.4 Å². The van der Waals surface area contributed by atoms with Gasteiger partial charge in [-0.3, -0.25) is 14.7 Å². The minimum atomic E-state index is -0.495. The number of piperidine rings is 1. The summed E-state index contributed by atoms with van der Waals surface area (Å²) in [6, 6.07) is 12.3. The number of ether oxygens (including phenoxy) is 1. The molecule has 0 bridgehead atoms. The topological polar surface area (TPSA) is 54.5 Å². The molecule has 4 rings (SSSR count). The fraction of sp³-hybridized carbons (Fsp3) is 0.280. The first-order chi connectivity index (χ1) is 15.7. The number of benzene rings is 1. The van der Waals surface area contributed by atoms with Crippen LogP contribution in [0.4, 0.5) is 4.39 Å². The van der Waals surface area contributed by atoms with Crippen molar-refractivity contribution in [2.75, 3.05) is 19.6 Å². The van der Waals surface area contributed by atoms with Crippen LogP contribution < -0.4 is 10.1 Å². The number of aromatic nitrogens is 1. The van der Waals surface area contributed by atoms with Crippen LogP contribution in [0.15, 0.2) is 66.3 Å². The highest BCUT2D eigenvalue weighted by Gasteiger charge is 2.19. The predicted octanol–water partition coefficient (Wildman–Crippen LogP) is 5.12. The fourth-order valence-corrected chi connectivity index (χ4v) is 4.43. The summed E-state index contributed by atoms with van der Waals surface area (Å²) in [5.74, 6) is 0.414. The van der Waals surface area contributed by atoms with Gasteiger partial charge in [0.25, 0.3) is 0 Å². The number of nitrogens with one attached hydrogen (secondary N) is 1. The van der Waals surface area contributed by atoms with E-state index in [0.717, 1.165) is 32.5 Å². The second-order valence-electron chi connectivity index (χ2n) is 7.86. The Labute approximate surface area is 191 Å². The van der Waals surface area contributed by atoms with Crippen molar-refractivity contribution in [1.29, 1.82) is 0 Å². The number of amides is 1. The summed E-state index contributed by atoms with van der Waals surface area (Å²) in [4.78, 5) is 20.0. The van der Waals surface area contributed by atoms with Gasteiger partial charge in [0.15, 0.2) is 11.6 Å². The third-order valence-corrected chi connectivity index (χ3v) is 6.34. The molecular weight excluding hydrogens is 425 g/mol. The van der Waals surface area contributed by atoms with Crippen molar-refractivity contribution in [3.8, 4) is 11.5 Å². The van der Waals surface area contributed by atoms with E-state index in [0.29, 0.717) is 23.8 Å². The van der Waals surface area contributed by atoms with Gasteiger partial charge in [-0.2, -0.15) is 0 Å². The smallest absolute Gasteiger partial charge is 0.244 e. The zero-order valence-electron chi connectivity index (χ0n) is 17.7. The SMILES string of the molecule is O=C(/C=C/c1ccc(Oc2cccnc2)c(F)c1)NCC1CCN(Cc2cccs2)CC1. The Balaban J connectivity index is 1.20. The number of hydrogen-bond acceptors (Lipinski definition) is 5. The van der Waals surface area contributed by atoms with Crippen molar-refractivity contribution in [2.24, 2.45) is 5.92 Å². The lowest BCUT2D eigenvalue weighted by molar-refractivity contribution is -0.116. The highest BCUT2D eigenvalue weighted by Crippen LogP contribution is 2.25. The van der Waals surface area contributed by atoms with Crippen molar-refractivity contribution in [2.45, 2.75) is 19.4 Å². The molecule has 1 saturated heterocycles. The molecule has 1 aliphatic heterocycles. The van der Waals surface area contributed by atoms with Crippen molar-refractivity contribution in [1.82, 2.24) is 15.2 Å². The lowest BCUT2D eigenvalue weighted by Gasteiger charge is -2.31. The van der Waals surface area contributed by atoms with E-state index in [2.05, 4.69) is 32.7 Å². The van der Waals surface area contributed by atoms with Gasteiger partial charge in [-0.25, -0.2) is 4.39 Å². The summed E-state index contributed by atoms with van der Waals surface area (Å²) < 4.78 is 19.8. The highest BCUT2D eigenvalue weighted by molar-refractivity contribution is 7.09. The highest BCUT2D eigenvalue weighted by atomic mass is 32.1. The Kier molecular flexibility index (Phi) is 7.64. The standard InChI is InChI=1S/C25H26FN3O2S/c26-23-15-19(5-7-24(23)31-21-3-1-11-27-17-21)6-8-25(30)28-16-20-9-12-29(13-10-20)18-22-4-2-14-32-22/h1-8,11,14-15,17,20H,9-10,12-13,16,18H2,(H,28,30)/b8-6+. The average molecular weight is 452 g/mol. The Morgan fingerprint density at radius 2 is 2.12 bits per heavy atom. The molecule has 0 radical (unpaired) electrons. The molecule has 3 heterocycles. The molecule has 1 N–H and O–H groups in total. The first kappa shape index (κ1) is 22.2. The van der Waals surface area contributed by atoms with Gasteiger partial charge in [0.1, 0.15) is 5.75 Å². The number of pyridine rings is 1. The minimum Gasteiger partial charge on any atom is -0.453 e. The van der Waals surface area contributed by atoms with E-state index in [1.54, 1.807) is 47.9 Å². The van der Waals surface area contributed by atoms with Gasteiger partial charge >= 0.3 is 0 Å². The van der Waals surface area contributed by atoms with Gasteiger partial charge in [0.2, 0.25) is 5.91 Å². The first-order valence-electron chi connectivity index (χ1n) is 10.7. The summed E-state index contributed by atoms with van der Waals surface area (Å²) in [6.45, 7) is 3.80. The molecule has 32 heavy (non-hydrogen) atoms. The molecule has 1 amide bonds. The van der Waals surface area contributed by atoms with Crippen LogP contribution in [0.3, 0.4) is 0 Å². The summed E-state index contributed by atoms with van der Waals surface area (Å²) in [5, 5.41) is 5.09. The Hall–Kier alpha value is -3.03. The Morgan fingerprint density at radius 3 is 2.84 bits per heavy atom. The van der Waals surface area contributed by atoms with E-state index < -0.39 is 5.82 Å². The van der Waals surface area contributed by atoms with Gasteiger partial charge in [0, 0.05) is 30.2 Å².